The van der Waals surface area contributed by atoms with E-state index in [-0.39, 0.29) is 0 Å². The molecule has 1 atom stereocenters. The van der Waals surface area contributed by atoms with Crippen molar-refractivity contribution in [2.24, 2.45) is 11.8 Å². The Balaban J connectivity index is 2.00. The van der Waals surface area contributed by atoms with Gasteiger partial charge in [-0.05, 0) is 38.1 Å². The molecule has 0 aromatic heterocycles. The monoisotopic (exact) mass is 141 g/mol. The van der Waals surface area contributed by atoms with Crippen LogP contribution in [0, 0.1) is 11.8 Å². The molecular formula is C9H19N. The highest BCUT2D eigenvalue weighted by molar-refractivity contribution is 4.83. The smallest absolute Gasteiger partial charge is 0.00671 e. The van der Waals surface area contributed by atoms with E-state index in [2.05, 4.69) is 26.1 Å². The van der Waals surface area contributed by atoms with E-state index in [0.29, 0.717) is 0 Å². The quantitative estimate of drug-likeness (QED) is 0.631. The van der Waals surface area contributed by atoms with E-state index in [1.165, 1.54) is 19.4 Å². The Morgan fingerprint density at radius 3 is 2.30 bits per heavy atom. The normalized spacial score (nSPS) is 21.6. The van der Waals surface area contributed by atoms with Crippen molar-refractivity contribution in [1.82, 2.24) is 5.32 Å². The van der Waals surface area contributed by atoms with Gasteiger partial charge in [0.1, 0.15) is 0 Å². The predicted octanol–water partition coefficient (Wildman–Crippen LogP) is 2.03. The topological polar surface area (TPSA) is 12.0 Å². The highest BCUT2D eigenvalue weighted by atomic mass is 14.9. The lowest BCUT2D eigenvalue weighted by atomic mass is 10.2. The fourth-order valence-electron chi connectivity index (χ4n) is 1.18. The van der Waals surface area contributed by atoms with Gasteiger partial charge < -0.3 is 5.32 Å². The first-order valence-electron chi connectivity index (χ1n) is 4.43. The van der Waals surface area contributed by atoms with Crippen LogP contribution in [0.4, 0.5) is 0 Å². The Kier molecular flexibility index (Phi) is 2.72. The molecule has 0 saturated heterocycles. The summed E-state index contributed by atoms with van der Waals surface area (Å²) in [7, 11) is 0. The van der Waals surface area contributed by atoms with E-state index in [4.69, 9.17) is 0 Å². The molecule has 0 bridgehead atoms. The Labute approximate surface area is 64.2 Å². The van der Waals surface area contributed by atoms with Crippen molar-refractivity contribution in [1.29, 1.82) is 0 Å². The van der Waals surface area contributed by atoms with Crippen LogP contribution in [0.5, 0.6) is 0 Å². The Hall–Kier alpha value is -0.0400. The average molecular weight is 141 g/mol. The lowest BCUT2D eigenvalue weighted by molar-refractivity contribution is 0.451. The van der Waals surface area contributed by atoms with Crippen LogP contribution in [0.3, 0.4) is 0 Å². The third-order valence-corrected chi connectivity index (χ3v) is 2.18. The predicted molar refractivity (Wildman–Crippen MR) is 45.0 cm³/mol. The van der Waals surface area contributed by atoms with Crippen molar-refractivity contribution in [2.75, 3.05) is 6.54 Å². The summed E-state index contributed by atoms with van der Waals surface area (Å²) in [5, 5.41) is 3.54. The lowest BCUT2D eigenvalue weighted by Gasteiger charge is -2.13. The van der Waals surface area contributed by atoms with Crippen molar-refractivity contribution in [3.05, 3.63) is 0 Å². The van der Waals surface area contributed by atoms with Gasteiger partial charge in [0.25, 0.3) is 0 Å². The highest BCUT2D eigenvalue weighted by Crippen LogP contribution is 2.32. The number of rotatable bonds is 4. The van der Waals surface area contributed by atoms with E-state index in [9.17, 15) is 0 Å². The summed E-state index contributed by atoms with van der Waals surface area (Å²) in [4.78, 5) is 0. The van der Waals surface area contributed by atoms with Gasteiger partial charge in [0.05, 0.1) is 0 Å². The van der Waals surface area contributed by atoms with E-state index in [0.717, 1.165) is 17.9 Å². The van der Waals surface area contributed by atoms with Crippen LogP contribution in [0.2, 0.25) is 0 Å². The second-order valence-electron chi connectivity index (χ2n) is 3.93. The van der Waals surface area contributed by atoms with Gasteiger partial charge in [0.2, 0.25) is 0 Å². The van der Waals surface area contributed by atoms with E-state index >= 15 is 0 Å². The van der Waals surface area contributed by atoms with Crippen LogP contribution in [-0.4, -0.2) is 12.6 Å². The van der Waals surface area contributed by atoms with E-state index in [1.54, 1.807) is 0 Å². The maximum Gasteiger partial charge on any atom is 0.00671 e. The lowest BCUT2D eigenvalue weighted by Crippen LogP contribution is -2.31. The molecule has 0 heterocycles. The van der Waals surface area contributed by atoms with Gasteiger partial charge in [-0.2, -0.15) is 0 Å². The van der Waals surface area contributed by atoms with Gasteiger partial charge >= 0.3 is 0 Å². The van der Waals surface area contributed by atoms with Crippen LogP contribution >= 0.6 is 0 Å². The van der Waals surface area contributed by atoms with Crippen molar-refractivity contribution in [3.8, 4) is 0 Å². The molecule has 0 aliphatic heterocycles. The molecular weight excluding hydrogens is 122 g/mol. The third-order valence-electron chi connectivity index (χ3n) is 2.18. The molecule has 1 aliphatic carbocycles. The van der Waals surface area contributed by atoms with Crippen LogP contribution in [0.25, 0.3) is 0 Å². The minimum absolute atomic E-state index is 0.766. The molecule has 1 saturated carbocycles. The van der Waals surface area contributed by atoms with Gasteiger partial charge in [0.15, 0.2) is 0 Å². The molecule has 1 nitrogen and oxygen atoms in total. The Bertz CT molecular complexity index is 94.9. The summed E-state index contributed by atoms with van der Waals surface area (Å²) in [6, 6.07) is 0.766. The average Bonchev–Trinajstić information content (AvgIpc) is 2.63. The second kappa shape index (κ2) is 3.38. The molecule has 0 radical (unpaired) electrons. The fraction of sp³-hybridized carbons (Fsp3) is 1.00. The number of hydrogen-bond acceptors (Lipinski definition) is 1. The summed E-state index contributed by atoms with van der Waals surface area (Å²) >= 11 is 0. The largest absolute Gasteiger partial charge is 0.314 e. The molecule has 0 aromatic carbocycles. The van der Waals surface area contributed by atoms with Crippen LogP contribution < -0.4 is 5.32 Å². The third kappa shape index (κ3) is 2.70. The molecule has 60 valence electrons. The summed E-state index contributed by atoms with van der Waals surface area (Å²) in [5.41, 5.74) is 0. The molecule has 1 heteroatoms. The fourth-order valence-corrected chi connectivity index (χ4v) is 1.18. The minimum atomic E-state index is 0.766. The zero-order valence-corrected chi connectivity index (χ0v) is 7.35. The van der Waals surface area contributed by atoms with Crippen molar-refractivity contribution < 1.29 is 0 Å². The molecule has 1 unspecified atom stereocenters. The van der Waals surface area contributed by atoms with Crippen molar-refractivity contribution in [2.45, 2.75) is 39.7 Å². The summed E-state index contributed by atoms with van der Waals surface area (Å²) in [6.45, 7) is 8.00. The van der Waals surface area contributed by atoms with Crippen LogP contribution in [0.1, 0.15) is 33.6 Å². The van der Waals surface area contributed by atoms with Gasteiger partial charge in [-0.25, -0.2) is 0 Å². The first-order chi connectivity index (χ1) is 4.70. The van der Waals surface area contributed by atoms with Gasteiger partial charge in [0, 0.05) is 6.04 Å². The Morgan fingerprint density at radius 1 is 1.30 bits per heavy atom. The maximum absolute atomic E-state index is 3.54. The van der Waals surface area contributed by atoms with Crippen molar-refractivity contribution >= 4 is 0 Å². The Morgan fingerprint density at radius 2 is 1.90 bits per heavy atom. The molecule has 1 rings (SSSR count). The standard InChI is InChI=1S/C9H19N/c1-7(2)6-10-8(3)9-4-5-9/h7-10H,4-6H2,1-3H3. The molecule has 10 heavy (non-hydrogen) atoms. The first-order valence-corrected chi connectivity index (χ1v) is 4.43. The van der Waals surface area contributed by atoms with Gasteiger partial charge in [-0.15, -0.1) is 0 Å². The number of hydrogen-bond donors (Lipinski definition) is 1. The molecule has 1 fully saturated rings. The van der Waals surface area contributed by atoms with E-state index < -0.39 is 0 Å². The molecule has 0 amide bonds. The van der Waals surface area contributed by atoms with Gasteiger partial charge in [-0.1, -0.05) is 13.8 Å². The first kappa shape index (κ1) is 8.06. The van der Waals surface area contributed by atoms with Crippen LogP contribution in [0.15, 0.2) is 0 Å². The van der Waals surface area contributed by atoms with Gasteiger partial charge in [-0.3, -0.25) is 0 Å². The summed E-state index contributed by atoms with van der Waals surface area (Å²) in [5.74, 6) is 1.79. The minimum Gasteiger partial charge on any atom is -0.314 e. The maximum atomic E-state index is 3.54. The SMILES string of the molecule is CC(C)CNC(C)C1CC1. The molecule has 0 aromatic rings. The molecule has 1 N–H and O–H groups in total. The summed E-state index contributed by atoms with van der Waals surface area (Å²) in [6.07, 6.45) is 2.90. The number of nitrogens with one attached hydrogen (secondary N) is 1. The zero-order valence-electron chi connectivity index (χ0n) is 7.35. The summed E-state index contributed by atoms with van der Waals surface area (Å²) < 4.78 is 0. The van der Waals surface area contributed by atoms with E-state index in [1.807, 2.05) is 0 Å². The van der Waals surface area contributed by atoms with Crippen molar-refractivity contribution in [3.63, 3.8) is 0 Å². The molecule has 0 spiro atoms. The molecule has 1 aliphatic rings. The second-order valence-corrected chi connectivity index (χ2v) is 3.93. The van der Waals surface area contributed by atoms with Crippen LogP contribution in [-0.2, 0) is 0 Å². The highest BCUT2D eigenvalue weighted by Gasteiger charge is 2.27. The zero-order chi connectivity index (χ0) is 7.56.